The van der Waals surface area contributed by atoms with Gasteiger partial charge in [0.05, 0.1) is 15.6 Å². The molecule has 0 radical (unpaired) electrons. The lowest BCUT2D eigenvalue weighted by Crippen LogP contribution is -2.30. The van der Waals surface area contributed by atoms with Gasteiger partial charge in [-0.3, -0.25) is 14.9 Å². The number of anilines is 1. The smallest absolute Gasteiger partial charge is 0.349 e. The number of nitrogens with one attached hydrogen (secondary N) is 1. The molecule has 9 nitrogen and oxygen atoms in total. The number of nitriles is 1. The predicted molar refractivity (Wildman–Crippen MR) is 120 cm³/mol. The summed E-state index contributed by atoms with van der Waals surface area (Å²) in [6, 6.07) is 7.25. The second-order valence-corrected chi connectivity index (χ2v) is 7.51. The highest BCUT2D eigenvalue weighted by Crippen LogP contribution is 2.27. The van der Waals surface area contributed by atoms with Crippen LogP contribution in [0.3, 0.4) is 0 Å². The quantitative estimate of drug-likeness (QED) is 0.203. The first-order valence-corrected chi connectivity index (χ1v) is 10.2. The molecule has 168 valence electrons. The first-order chi connectivity index (χ1) is 15.1. The second-order valence-electron chi connectivity index (χ2n) is 7.11. The number of benzene rings is 1. The number of carbonyl (C=O) groups is 2. The molecule has 0 fully saturated rings. The Bertz CT molecular complexity index is 1130. The number of carbonyl (C=O) groups excluding carboxylic acids is 2. The van der Waals surface area contributed by atoms with Crippen molar-refractivity contribution in [2.75, 3.05) is 5.32 Å². The minimum atomic E-state index is -1.24. The van der Waals surface area contributed by atoms with E-state index in [0.717, 1.165) is 36.0 Å². The molecule has 1 heterocycles. The van der Waals surface area contributed by atoms with Gasteiger partial charge in [-0.2, -0.15) is 5.26 Å². The van der Waals surface area contributed by atoms with Crippen molar-refractivity contribution in [3.8, 4) is 6.07 Å². The van der Waals surface area contributed by atoms with Crippen LogP contribution in [0.4, 0.5) is 11.4 Å². The van der Waals surface area contributed by atoms with Crippen LogP contribution in [0.15, 0.2) is 29.8 Å². The van der Waals surface area contributed by atoms with Gasteiger partial charge in [0.1, 0.15) is 11.6 Å². The van der Waals surface area contributed by atoms with Gasteiger partial charge in [-0.1, -0.05) is 18.5 Å². The van der Waals surface area contributed by atoms with Crippen molar-refractivity contribution in [1.82, 2.24) is 4.57 Å². The van der Waals surface area contributed by atoms with Crippen LogP contribution in [0.1, 0.15) is 37.2 Å². The maximum atomic E-state index is 12.5. The van der Waals surface area contributed by atoms with Crippen LogP contribution in [0, 0.1) is 35.3 Å². The number of hydrogen-bond donors (Lipinski definition) is 1. The van der Waals surface area contributed by atoms with Gasteiger partial charge in [0.2, 0.25) is 0 Å². The minimum absolute atomic E-state index is 0.0360. The lowest BCUT2D eigenvalue weighted by molar-refractivity contribution is -0.384. The minimum Gasteiger partial charge on any atom is -0.448 e. The average molecular weight is 459 g/mol. The van der Waals surface area contributed by atoms with Crippen LogP contribution in [-0.4, -0.2) is 27.5 Å². The van der Waals surface area contributed by atoms with Crippen molar-refractivity contribution in [2.45, 2.75) is 46.8 Å². The number of nitrogens with zero attached hydrogens (tertiary/aromatic N) is 3. The van der Waals surface area contributed by atoms with Crippen LogP contribution in [0.25, 0.3) is 6.08 Å². The van der Waals surface area contributed by atoms with E-state index in [9.17, 15) is 25.0 Å². The Labute approximate surface area is 190 Å². The molecular formula is C22H23ClN4O5. The van der Waals surface area contributed by atoms with E-state index in [1.165, 1.54) is 25.1 Å². The van der Waals surface area contributed by atoms with E-state index in [-0.39, 0.29) is 22.0 Å². The Morgan fingerprint density at radius 1 is 1.38 bits per heavy atom. The fourth-order valence-corrected chi connectivity index (χ4v) is 3.29. The summed E-state index contributed by atoms with van der Waals surface area (Å²) in [7, 11) is 0. The molecule has 0 aliphatic carbocycles. The van der Waals surface area contributed by atoms with Gasteiger partial charge < -0.3 is 14.6 Å². The number of esters is 1. The van der Waals surface area contributed by atoms with Crippen LogP contribution >= 0.6 is 11.6 Å². The molecule has 2 rings (SSSR count). The monoisotopic (exact) mass is 458 g/mol. The standard InChI is InChI=1S/C22H23ClN4O5/c1-5-8-26-13(2)9-16(14(26)3)10-17(12-24)22(29)32-15(4)21(28)25-20-7-6-18(27(30)31)11-19(20)23/h6-7,9-11,15H,5,8H2,1-4H3,(H,25,28)/b17-10+/t15-/m1/s1. The van der Waals surface area contributed by atoms with Gasteiger partial charge in [-0.05, 0) is 51.0 Å². The molecule has 32 heavy (non-hydrogen) atoms. The third-order valence-corrected chi connectivity index (χ3v) is 5.09. The number of amides is 1. The summed E-state index contributed by atoms with van der Waals surface area (Å²) in [6.07, 6.45) is 1.14. The molecule has 0 aliphatic rings. The molecule has 2 aromatic rings. The van der Waals surface area contributed by atoms with E-state index in [1.54, 1.807) is 0 Å². The van der Waals surface area contributed by atoms with Crippen molar-refractivity contribution in [2.24, 2.45) is 0 Å². The fraction of sp³-hybridized carbons (Fsp3) is 0.318. The van der Waals surface area contributed by atoms with Crippen molar-refractivity contribution >= 4 is 40.9 Å². The molecule has 0 spiro atoms. The third kappa shape index (κ3) is 5.74. The van der Waals surface area contributed by atoms with E-state index in [4.69, 9.17) is 16.3 Å². The van der Waals surface area contributed by atoms with Gasteiger partial charge in [0.15, 0.2) is 6.10 Å². The third-order valence-electron chi connectivity index (χ3n) is 4.77. The van der Waals surface area contributed by atoms with Gasteiger partial charge in [-0.25, -0.2) is 4.79 Å². The Kier molecular flexibility index (Phi) is 8.15. The lowest BCUT2D eigenvalue weighted by atomic mass is 10.1. The number of ether oxygens (including phenoxy) is 1. The van der Waals surface area contributed by atoms with Crippen LogP contribution in [0.2, 0.25) is 5.02 Å². The number of nitro benzene ring substituents is 1. The largest absolute Gasteiger partial charge is 0.448 e. The highest BCUT2D eigenvalue weighted by Gasteiger charge is 2.22. The number of hydrogen-bond acceptors (Lipinski definition) is 6. The zero-order valence-corrected chi connectivity index (χ0v) is 18.9. The van der Waals surface area contributed by atoms with E-state index in [2.05, 4.69) is 16.8 Å². The average Bonchev–Trinajstić information content (AvgIpc) is 3.00. The Hall–Kier alpha value is -3.64. The Morgan fingerprint density at radius 3 is 2.62 bits per heavy atom. The van der Waals surface area contributed by atoms with Crippen molar-refractivity contribution < 1.29 is 19.2 Å². The van der Waals surface area contributed by atoms with Crippen molar-refractivity contribution in [1.29, 1.82) is 5.26 Å². The SMILES string of the molecule is CCCn1c(C)cc(/C=C(\C#N)C(=O)O[C@H](C)C(=O)Nc2ccc([N+](=O)[O-])cc2Cl)c1C. The highest BCUT2D eigenvalue weighted by atomic mass is 35.5. The lowest BCUT2D eigenvalue weighted by Gasteiger charge is -2.14. The fourth-order valence-electron chi connectivity index (χ4n) is 3.06. The van der Waals surface area contributed by atoms with Gasteiger partial charge in [0.25, 0.3) is 11.6 Å². The molecule has 0 unspecified atom stereocenters. The van der Waals surface area contributed by atoms with E-state index < -0.39 is 22.9 Å². The number of rotatable bonds is 8. The maximum Gasteiger partial charge on any atom is 0.349 e. The Morgan fingerprint density at radius 2 is 2.06 bits per heavy atom. The highest BCUT2D eigenvalue weighted by molar-refractivity contribution is 6.34. The molecule has 0 saturated heterocycles. The van der Waals surface area contributed by atoms with E-state index in [1.807, 2.05) is 26.0 Å². The molecule has 0 saturated carbocycles. The van der Waals surface area contributed by atoms with E-state index >= 15 is 0 Å². The molecule has 1 aromatic carbocycles. The molecule has 0 aliphatic heterocycles. The van der Waals surface area contributed by atoms with Gasteiger partial charge >= 0.3 is 5.97 Å². The molecule has 1 N–H and O–H groups in total. The van der Waals surface area contributed by atoms with E-state index in [0.29, 0.717) is 0 Å². The summed E-state index contributed by atoms with van der Waals surface area (Å²) < 4.78 is 7.23. The molecule has 1 aromatic heterocycles. The summed E-state index contributed by atoms with van der Waals surface area (Å²) >= 11 is 5.96. The zero-order valence-electron chi connectivity index (χ0n) is 18.1. The number of non-ortho nitro benzene ring substituents is 1. The zero-order chi connectivity index (χ0) is 24.0. The topological polar surface area (TPSA) is 127 Å². The van der Waals surface area contributed by atoms with Gasteiger partial charge in [-0.15, -0.1) is 0 Å². The summed E-state index contributed by atoms with van der Waals surface area (Å²) in [6.45, 7) is 8.07. The number of aryl methyl sites for hydroxylation is 1. The van der Waals surface area contributed by atoms with Gasteiger partial charge in [0, 0.05) is 30.1 Å². The number of aromatic nitrogens is 1. The molecule has 1 amide bonds. The van der Waals surface area contributed by atoms with Crippen LogP contribution in [0.5, 0.6) is 0 Å². The van der Waals surface area contributed by atoms with Crippen molar-refractivity contribution in [3.63, 3.8) is 0 Å². The normalized spacial score (nSPS) is 12.1. The maximum absolute atomic E-state index is 12.5. The first kappa shape index (κ1) is 24.6. The van der Waals surface area contributed by atoms with Crippen molar-refractivity contribution in [3.05, 3.63) is 61.9 Å². The summed E-state index contributed by atoms with van der Waals surface area (Å²) in [5.74, 6) is -1.64. The predicted octanol–water partition coefficient (Wildman–Crippen LogP) is 4.55. The Balaban J connectivity index is 2.12. The first-order valence-electron chi connectivity index (χ1n) is 9.83. The molecule has 1 atom stereocenters. The molecule has 0 bridgehead atoms. The number of halogens is 1. The second kappa shape index (κ2) is 10.6. The summed E-state index contributed by atoms with van der Waals surface area (Å²) in [5, 5.41) is 22.6. The van der Waals surface area contributed by atoms with Crippen LogP contribution in [-0.2, 0) is 20.9 Å². The molecule has 10 heteroatoms. The van der Waals surface area contributed by atoms with Crippen LogP contribution < -0.4 is 5.32 Å². The summed E-state index contributed by atoms with van der Waals surface area (Å²) in [5.41, 5.74) is 2.31. The summed E-state index contributed by atoms with van der Waals surface area (Å²) in [4.78, 5) is 35.0. The molecular weight excluding hydrogens is 436 g/mol. The number of nitro groups is 1.